The van der Waals surface area contributed by atoms with Crippen LogP contribution in [-0.2, 0) is 19.4 Å². The summed E-state index contributed by atoms with van der Waals surface area (Å²) in [6.45, 7) is 6.79. The predicted octanol–water partition coefficient (Wildman–Crippen LogP) is 2.60. The van der Waals surface area contributed by atoms with Gasteiger partial charge in [0.2, 0.25) is 5.88 Å². The topological polar surface area (TPSA) is 48.1 Å². The Morgan fingerprint density at radius 3 is 2.82 bits per heavy atom. The lowest BCUT2D eigenvalue weighted by molar-refractivity contribution is 0.0973. The van der Waals surface area contributed by atoms with Gasteiger partial charge in [0, 0.05) is 17.8 Å². The van der Waals surface area contributed by atoms with Gasteiger partial charge in [-0.15, -0.1) is 0 Å². The van der Waals surface area contributed by atoms with Crippen LogP contribution in [0.4, 0.5) is 0 Å². The van der Waals surface area contributed by atoms with E-state index in [1.807, 2.05) is 0 Å². The van der Waals surface area contributed by atoms with Gasteiger partial charge in [0.05, 0.1) is 0 Å². The molecule has 0 aromatic carbocycles. The lowest BCUT2D eigenvalue weighted by Crippen LogP contribution is -2.28. The molecule has 0 fully saturated rings. The number of rotatable bonds is 4. The maximum atomic E-state index is 6.01. The summed E-state index contributed by atoms with van der Waals surface area (Å²) in [6.07, 6.45) is 4.36. The van der Waals surface area contributed by atoms with Crippen LogP contribution >= 0.6 is 0 Å². The fourth-order valence-corrected chi connectivity index (χ4v) is 2.07. The summed E-state index contributed by atoms with van der Waals surface area (Å²) < 4.78 is 6.01. The normalized spacial score (nSPS) is 14.8. The van der Waals surface area contributed by atoms with Crippen molar-refractivity contribution in [3.05, 3.63) is 22.9 Å². The van der Waals surface area contributed by atoms with E-state index in [2.05, 4.69) is 31.8 Å². The van der Waals surface area contributed by atoms with Gasteiger partial charge in [-0.25, -0.2) is 4.98 Å². The summed E-state index contributed by atoms with van der Waals surface area (Å²) in [5.74, 6) is 0.736. The Balaban J connectivity index is 2.33. The van der Waals surface area contributed by atoms with Crippen LogP contribution in [0.5, 0.6) is 5.88 Å². The highest BCUT2D eigenvalue weighted by atomic mass is 16.5. The minimum atomic E-state index is -0.177. The molecule has 1 aromatic heterocycles. The minimum absolute atomic E-state index is 0.177. The van der Waals surface area contributed by atoms with Gasteiger partial charge < -0.3 is 10.5 Å². The van der Waals surface area contributed by atoms with E-state index in [1.165, 1.54) is 17.7 Å². The number of nitrogens with zero attached hydrogens (tertiary/aromatic N) is 1. The standard InChI is InChI=1S/C14H22N2O/c1-4-14(2,3)17-13-11(9-15)8-10-6-5-7-12(10)16-13/h8H,4-7,9,15H2,1-3H3. The van der Waals surface area contributed by atoms with Crippen LogP contribution in [0.3, 0.4) is 0 Å². The molecule has 3 nitrogen and oxygen atoms in total. The molecular formula is C14H22N2O. The smallest absolute Gasteiger partial charge is 0.218 e. The molecule has 94 valence electrons. The van der Waals surface area contributed by atoms with Gasteiger partial charge in [0.25, 0.3) is 0 Å². The van der Waals surface area contributed by atoms with Crippen molar-refractivity contribution in [3.63, 3.8) is 0 Å². The van der Waals surface area contributed by atoms with Crippen molar-refractivity contribution >= 4 is 0 Å². The predicted molar refractivity (Wildman–Crippen MR) is 69.2 cm³/mol. The second-order valence-corrected chi connectivity index (χ2v) is 5.33. The molecule has 17 heavy (non-hydrogen) atoms. The third kappa shape index (κ3) is 2.60. The molecular weight excluding hydrogens is 212 g/mol. The number of fused-ring (bicyclic) bond motifs is 1. The highest BCUT2D eigenvalue weighted by Gasteiger charge is 2.22. The quantitative estimate of drug-likeness (QED) is 0.871. The average Bonchev–Trinajstić information content (AvgIpc) is 2.74. The highest BCUT2D eigenvalue weighted by Crippen LogP contribution is 2.29. The van der Waals surface area contributed by atoms with Crippen LogP contribution in [-0.4, -0.2) is 10.6 Å². The van der Waals surface area contributed by atoms with Crippen molar-refractivity contribution in [1.82, 2.24) is 4.98 Å². The zero-order valence-electron chi connectivity index (χ0n) is 11.0. The number of nitrogens with two attached hydrogens (primary N) is 1. The molecule has 3 heteroatoms. The maximum Gasteiger partial charge on any atom is 0.218 e. The number of ether oxygens (including phenoxy) is 1. The molecule has 0 amide bonds. The van der Waals surface area contributed by atoms with Crippen molar-refractivity contribution < 1.29 is 4.74 Å². The third-order valence-corrected chi connectivity index (χ3v) is 3.53. The van der Waals surface area contributed by atoms with E-state index < -0.39 is 0 Å². The summed E-state index contributed by atoms with van der Waals surface area (Å²) in [7, 11) is 0. The van der Waals surface area contributed by atoms with Crippen molar-refractivity contribution in [1.29, 1.82) is 0 Å². The van der Waals surface area contributed by atoms with Crippen LogP contribution in [0.2, 0.25) is 0 Å². The third-order valence-electron chi connectivity index (χ3n) is 3.53. The van der Waals surface area contributed by atoms with Gasteiger partial charge in [-0.2, -0.15) is 0 Å². The molecule has 0 aliphatic heterocycles. The zero-order valence-corrected chi connectivity index (χ0v) is 11.0. The van der Waals surface area contributed by atoms with Crippen LogP contribution < -0.4 is 10.5 Å². The SMILES string of the molecule is CCC(C)(C)Oc1nc2c(cc1CN)CCC2. The molecule has 0 radical (unpaired) electrons. The molecule has 0 spiro atoms. The first-order chi connectivity index (χ1) is 8.05. The maximum absolute atomic E-state index is 6.01. The van der Waals surface area contributed by atoms with Gasteiger partial charge in [0.15, 0.2) is 0 Å². The van der Waals surface area contributed by atoms with Crippen molar-refractivity contribution in [3.8, 4) is 5.88 Å². The first kappa shape index (κ1) is 12.4. The van der Waals surface area contributed by atoms with E-state index in [1.54, 1.807) is 0 Å². The largest absolute Gasteiger partial charge is 0.471 e. The summed E-state index contributed by atoms with van der Waals surface area (Å²) in [4.78, 5) is 4.65. The molecule has 0 atom stereocenters. The van der Waals surface area contributed by atoms with Crippen molar-refractivity contribution in [2.24, 2.45) is 5.73 Å². The van der Waals surface area contributed by atoms with Crippen molar-refractivity contribution in [2.75, 3.05) is 0 Å². The van der Waals surface area contributed by atoms with E-state index >= 15 is 0 Å². The van der Waals surface area contributed by atoms with Gasteiger partial charge in [-0.05, 0) is 51.2 Å². The van der Waals surface area contributed by atoms with Gasteiger partial charge in [-0.1, -0.05) is 6.92 Å². The molecule has 2 N–H and O–H groups in total. The highest BCUT2D eigenvalue weighted by molar-refractivity contribution is 5.37. The number of pyridine rings is 1. The van der Waals surface area contributed by atoms with Crippen LogP contribution in [0.25, 0.3) is 0 Å². The first-order valence-corrected chi connectivity index (χ1v) is 6.46. The fraction of sp³-hybridized carbons (Fsp3) is 0.643. The van der Waals surface area contributed by atoms with Crippen LogP contribution in [0.15, 0.2) is 6.07 Å². The molecule has 0 saturated heterocycles. The lowest BCUT2D eigenvalue weighted by atomic mass is 10.1. The molecule has 0 bridgehead atoms. The van der Waals surface area contributed by atoms with E-state index in [0.29, 0.717) is 6.54 Å². The Bertz CT molecular complexity index is 413. The number of hydrogen-bond donors (Lipinski definition) is 1. The Hall–Kier alpha value is -1.09. The summed E-state index contributed by atoms with van der Waals surface area (Å²) in [5, 5.41) is 0. The monoisotopic (exact) mass is 234 g/mol. The number of aryl methyl sites for hydroxylation is 2. The average molecular weight is 234 g/mol. The van der Waals surface area contributed by atoms with Gasteiger partial charge >= 0.3 is 0 Å². The molecule has 1 heterocycles. The van der Waals surface area contributed by atoms with Crippen LogP contribution in [0, 0.1) is 0 Å². The molecule has 1 aliphatic carbocycles. The second-order valence-electron chi connectivity index (χ2n) is 5.33. The van der Waals surface area contributed by atoms with Crippen molar-refractivity contribution in [2.45, 2.75) is 58.6 Å². The fourth-order valence-electron chi connectivity index (χ4n) is 2.07. The van der Waals surface area contributed by atoms with E-state index in [9.17, 15) is 0 Å². The molecule has 1 aromatic rings. The summed E-state index contributed by atoms with van der Waals surface area (Å²) in [5.41, 5.74) is 9.19. The molecule has 0 unspecified atom stereocenters. The zero-order chi connectivity index (χ0) is 12.5. The lowest BCUT2D eigenvalue weighted by Gasteiger charge is -2.25. The number of hydrogen-bond acceptors (Lipinski definition) is 3. The summed E-state index contributed by atoms with van der Waals surface area (Å²) >= 11 is 0. The summed E-state index contributed by atoms with van der Waals surface area (Å²) in [6, 6.07) is 2.18. The van der Waals surface area contributed by atoms with E-state index in [0.717, 1.165) is 30.7 Å². The Labute approximate surface area is 103 Å². The molecule has 0 saturated carbocycles. The second kappa shape index (κ2) is 4.65. The van der Waals surface area contributed by atoms with Gasteiger partial charge in [0.1, 0.15) is 5.60 Å². The Morgan fingerprint density at radius 1 is 1.41 bits per heavy atom. The Morgan fingerprint density at radius 2 is 2.18 bits per heavy atom. The minimum Gasteiger partial charge on any atom is -0.471 e. The van der Waals surface area contributed by atoms with E-state index in [4.69, 9.17) is 10.5 Å². The van der Waals surface area contributed by atoms with Gasteiger partial charge in [-0.3, -0.25) is 0 Å². The first-order valence-electron chi connectivity index (χ1n) is 6.46. The van der Waals surface area contributed by atoms with E-state index in [-0.39, 0.29) is 5.60 Å². The molecule has 1 aliphatic rings. The Kier molecular flexibility index (Phi) is 3.38. The van der Waals surface area contributed by atoms with Crippen LogP contribution in [0.1, 0.15) is 50.4 Å². The number of aromatic nitrogens is 1. The molecule has 2 rings (SSSR count).